The maximum atomic E-state index is 11.9. The Hall–Kier alpha value is -1.06. The van der Waals surface area contributed by atoms with Crippen LogP contribution in [-0.4, -0.2) is 24.4 Å². The summed E-state index contributed by atoms with van der Waals surface area (Å²) in [4.78, 5) is 22.8. The quantitative estimate of drug-likeness (QED) is 0.824. The van der Waals surface area contributed by atoms with Crippen molar-refractivity contribution in [1.29, 1.82) is 0 Å². The van der Waals surface area contributed by atoms with Gasteiger partial charge in [-0.2, -0.15) is 0 Å². The molecule has 0 unspecified atom stereocenters. The number of amides is 2. The van der Waals surface area contributed by atoms with Crippen LogP contribution in [0.1, 0.15) is 52.4 Å². The molecule has 0 aliphatic heterocycles. The van der Waals surface area contributed by atoms with Gasteiger partial charge in [-0.25, -0.2) is 0 Å². The van der Waals surface area contributed by atoms with Gasteiger partial charge in [0, 0.05) is 13.0 Å². The van der Waals surface area contributed by atoms with E-state index < -0.39 is 0 Å². The van der Waals surface area contributed by atoms with Gasteiger partial charge in [-0.05, 0) is 68.6 Å². The lowest BCUT2D eigenvalue weighted by Gasteiger charge is -2.59. The molecule has 0 aromatic carbocycles. The smallest absolute Gasteiger partial charge is 0.239 e. The second kappa shape index (κ2) is 5.05. The number of rotatable bonds is 4. The summed E-state index contributed by atoms with van der Waals surface area (Å²) in [7, 11) is 0. The predicted molar refractivity (Wildman–Crippen MR) is 76.9 cm³/mol. The van der Waals surface area contributed by atoms with Crippen molar-refractivity contribution in [3.63, 3.8) is 0 Å². The maximum absolute atomic E-state index is 11.9. The molecule has 4 aliphatic carbocycles. The van der Waals surface area contributed by atoms with Crippen molar-refractivity contribution in [3.05, 3.63) is 0 Å². The van der Waals surface area contributed by atoms with E-state index in [0.29, 0.717) is 5.41 Å². The Labute approximate surface area is 121 Å². The highest BCUT2D eigenvalue weighted by atomic mass is 16.2. The van der Waals surface area contributed by atoms with Crippen LogP contribution < -0.4 is 10.6 Å². The number of carbonyl (C=O) groups is 2. The summed E-state index contributed by atoms with van der Waals surface area (Å²) < 4.78 is 0. The molecular weight excluding hydrogens is 252 g/mol. The monoisotopic (exact) mass is 278 g/mol. The molecule has 4 heteroatoms. The van der Waals surface area contributed by atoms with Crippen molar-refractivity contribution in [2.45, 2.75) is 58.4 Å². The third-order valence-electron chi connectivity index (χ3n) is 5.88. The standard InChI is InChI=1S/C16H26N2O2/c1-10(18-15(20)9-17-11(2)19)16-6-12-3-13(7-16)5-14(4-12)8-16/h10,12-14H,3-9H2,1-2H3,(H,17,19)(H,18,20)/t10-,12?,13?,14?,16?/m1/s1. The first-order chi connectivity index (χ1) is 9.47. The first-order valence-electron chi connectivity index (χ1n) is 8.00. The largest absolute Gasteiger partial charge is 0.352 e. The van der Waals surface area contributed by atoms with Crippen LogP contribution in [0.25, 0.3) is 0 Å². The van der Waals surface area contributed by atoms with Gasteiger partial charge in [0.2, 0.25) is 11.8 Å². The second-order valence-electron chi connectivity index (χ2n) is 7.48. The van der Waals surface area contributed by atoms with Crippen molar-refractivity contribution < 1.29 is 9.59 Å². The van der Waals surface area contributed by atoms with E-state index >= 15 is 0 Å². The molecule has 2 amide bonds. The number of nitrogens with one attached hydrogen (secondary N) is 2. The predicted octanol–water partition coefficient (Wildman–Crippen LogP) is 1.84. The number of hydrogen-bond acceptors (Lipinski definition) is 2. The molecule has 0 saturated heterocycles. The van der Waals surface area contributed by atoms with Crippen LogP contribution in [0.2, 0.25) is 0 Å². The van der Waals surface area contributed by atoms with E-state index in [1.54, 1.807) is 0 Å². The molecule has 4 saturated carbocycles. The van der Waals surface area contributed by atoms with Gasteiger partial charge in [0.1, 0.15) is 0 Å². The van der Waals surface area contributed by atoms with Crippen LogP contribution in [0.5, 0.6) is 0 Å². The fourth-order valence-electron chi connectivity index (χ4n) is 5.36. The highest BCUT2D eigenvalue weighted by molar-refractivity contribution is 5.83. The average Bonchev–Trinajstić information content (AvgIpc) is 2.34. The number of hydrogen-bond donors (Lipinski definition) is 2. The summed E-state index contributed by atoms with van der Waals surface area (Å²) in [5.74, 6) is 2.49. The van der Waals surface area contributed by atoms with Gasteiger partial charge in [0.15, 0.2) is 0 Å². The Morgan fingerprint density at radius 3 is 2.05 bits per heavy atom. The van der Waals surface area contributed by atoms with Gasteiger partial charge < -0.3 is 10.6 Å². The molecule has 0 aromatic rings. The van der Waals surface area contributed by atoms with Crippen molar-refractivity contribution >= 4 is 11.8 Å². The summed E-state index contributed by atoms with van der Waals surface area (Å²) in [5.41, 5.74) is 0.334. The van der Waals surface area contributed by atoms with Crippen LogP contribution in [0.15, 0.2) is 0 Å². The third kappa shape index (κ3) is 2.57. The van der Waals surface area contributed by atoms with Gasteiger partial charge in [-0.1, -0.05) is 0 Å². The van der Waals surface area contributed by atoms with Crippen LogP contribution in [0.3, 0.4) is 0 Å². The van der Waals surface area contributed by atoms with Gasteiger partial charge in [-0.15, -0.1) is 0 Å². The minimum Gasteiger partial charge on any atom is -0.352 e. The Balaban J connectivity index is 1.60. The SMILES string of the molecule is CC(=O)NCC(=O)N[C@H](C)C12CC3CC(CC(C3)C1)C2. The molecule has 112 valence electrons. The minimum absolute atomic E-state index is 0.0524. The summed E-state index contributed by atoms with van der Waals surface area (Å²) in [6.07, 6.45) is 8.14. The topological polar surface area (TPSA) is 58.2 Å². The van der Waals surface area contributed by atoms with E-state index in [2.05, 4.69) is 17.6 Å². The molecular formula is C16H26N2O2. The minimum atomic E-state index is -0.150. The summed E-state index contributed by atoms with van der Waals surface area (Å²) in [5, 5.41) is 5.71. The maximum Gasteiger partial charge on any atom is 0.239 e. The van der Waals surface area contributed by atoms with Crippen LogP contribution in [-0.2, 0) is 9.59 Å². The highest BCUT2D eigenvalue weighted by Crippen LogP contribution is 2.61. The second-order valence-corrected chi connectivity index (χ2v) is 7.48. The molecule has 0 aromatic heterocycles. The molecule has 4 bridgehead atoms. The molecule has 2 N–H and O–H groups in total. The lowest BCUT2D eigenvalue weighted by Crippen LogP contribution is -2.56. The van der Waals surface area contributed by atoms with Crippen LogP contribution in [0.4, 0.5) is 0 Å². The zero-order chi connectivity index (χ0) is 14.3. The molecule has 4 aliphatic rings. The zero-order valence-corrected chi connectivity index (χ0v) is 12.6. The fourth-order valence-corrected chi connectivity index (χ4v) is 5.36. The van der Waals surface area contributed by atoms with Gasteiger partial charge in [0.25, 0.3) is 0 Å². The molecule has 0 spiro atoms. The van der Waals surface area contributed by atoms with Crippen molar-refractivity contribution in [2.24, 2.45) is 23.2 Å². The molecule has 4 nitrogen and oxygen atoms in total. The van der Waals surface area contributed by atoms with Crippen LogP contribution in [0, 0.1) is 23.2 Å². The summed E-state index contributed by atoms with van der Waals surface area (Å²) in [6, 6.07) is 0.233. The van der Waals surface area contributed by atoms with E-state index in [4.69, 9.17) is 0 Å². The van der Waals surface area contributed by atoms with E-state index in [-0.39, 0.29) is 24.4 Å². The summed E-state index contributed by atoms with van der Waals surface area (Å²) in [6.45, 7) is 3.71. The molecule has 4 fully saturated rings. The Bertz CT molecular complexity index is 383. The highest BCUT2D eigenvalue weighted by Gasteiger charge is 2.53. The van der Waals surface area contributed by atoms with Gasteiger partial charge >= 0.3 is 0 Å². The molecule has 4 rings (SSSR count). The fraction of sp³-hybridized carbons (Fsp3) is 0.875. The molecule has 20 heavy (non-hydrogen) atoms. The molecule has 1 atom stereocenters. The van der Waals surface area contributed by atoms with E-state index in [9.17, 15) is 9.59 Å². The van der Waals surface area contributed by atoms with E-state index in [1.165, 1.54) is 45.4 Å². The Kier molecular flexibility index (Phi) is 3.51. The summed E-state index contributed by atoms with van der Waals surface area (Å²) >= 11 is 0. The van der Waals surface area contributed by atoms with Gasteiger partial charge in [0.05, 0.1) is 6.54 Å². The normalized spacial score (nSPS) is 39.4. The van der Waals surface area contributed by atoms with E-state index in [0.717, 1.165) is 17.8 Å². The molecule has 0 heterocycles. The van der Waals surface area contributed by atoms with Crippen molar-refractivity contribution in [3.8, 4) is 0 Å². The third-order valence-corrected chi connectivity index (χ3v) is 5.88. The first-order valence-corrected chi connectivity index (χ1v) is 8.00. The van der Waals surface area contributed by atoms with Crippen LogP contribution >= 0.6 is 0 Å². The van der Waals surface area contributed by atoms with Crippen molar-refractivity contribution in [1.82, 2.24) is 10.6 Å². The average molecular weight is 278 g/mol. The Morgan fingerprint density at radius 1 is 1.10 bits per heavy atom. The van der Waals surface area contributed by atoms with Gasteiger partial charge in [-0.3, -0.25) is 9.59 Å². The van der Waals surface area contributed by atoms with Crippen molar-refractivity contribution in [2.75, 3.05) is 6.54 Å². The Morgan fingerprint density at radius 2 is 1.60 bits per heavy atom. The van der Waals surface area contributed by atoms with E-state index in [1.807, 2.05) is 0 Å². The lowest BCUT2D eigenvalue weighted by molar-refractivity contribution is -0.128. The molecule has 0 radical (unpaired) electrons. The number of carbonyl (C=O) groups excluding carboxylic acids is 2. The zero-order valence-electron chi connectivity index (χ0n) is 12.6. The lowest BCUT2D eigenvalue weighted by atomic mass is 9.48. The first kappa shape index (κ1) is 13.9.